The van der Waals surface area contributed by atoms with Gasteiger partial charge < -0.3 is 14.4 Å². The highest BCUT2D eigenvalue weighted by Crippen LogP contribution is 2.22. The van der Waals surface area contributed by atoms with Crippen LogP contribution in [0, 0.1) is 6.92 Å². The van der Waals surface area contributed by atoms with Crippen LogP contribution in [-0.4, -0.2) is 31.6 Å². The van der Waals surface area contributed by atoms with Crippen molar-refractivity contribution in [3.05, 3.63) is 34.6 Å². The lowest BCUT2D eigenvalue weighted by Crippen LogP contribution is -2.05. The van der Waals surface area contributed by atoms with E-state index in [0.717, 1.165) is 5.56 Å². The number of ether oxygens (including phenoxy) is 1. The molecule has 0 amide bonds. The number of halogens is 1. The molecular formula is C14H16ClN3O3S. The Bertz CT molecular complexity index is 675. The topological polar surface area (TPSA) is 77.2 Å². The zero-order valence-electron chi connectivity index (χ0n) is 12.2. The lowest BCUT2D eigenvalue weighted by Gasteiger charge is -2.07. The van der Waals surface area contributed by atoms with E-state index in [1.54, 1.807) is 16.7 Å². The van der Waals surface area contributed by atoms with Gasteiger partial charge in [-0.2, -0.15) is 0 Å². The van der Waals surface area contributed by atoms with Crippen molar-refractivity contribution in [3.8, 4) is 5.75 Å². The van der Waals surface area contributed by atoms with Crippen LogP contribution in [0.15, 0.2) is 23.4 Å². The Morgan fingerprint density at radius 3 is 2.91 bits per heavy atom. The number of nitrogens with zero attached hydrogens (tertiary/aromatic N) is 3. The molecule has 0 radical (unpaired) electrons. The Kier molecular flexibility index (Phi) is 5.68. The van der Waals surface area contributed by atoms with E-state index in [0.29, 0.717) is 27.5 Å². The molecule has 2 rings (SSSR count). The van der Waals surface area contributed by atoms with Gasteiger partial charge in [-0.05, 0) is 30.7 Å². The second-order valence-electron chi connectivity index (χ2n) is 4.65. The molecule has 0 fully saturated rings. The number of carbonyl (C=O) groups is 1. The molecule has 1 N–H and O–H groups in total. The highest BCUT2D eigenvalue weighted by molar-refractivity contribution is 7.99. The summed E-state index contributed by atoms with van der Waals surface area (Å²) in [6, 6.07) is 5.45. The van der Waals surface area contributed by atoms with Crippen molar-refractivity contribution in [2.45, 2.75) is 25.1 Å². The third kappa shape index (κ3) is 4.38. The number of aryl methyl sites for hydroxylation is 1. The predicted octanol–water partition coefficient (Wildman–Crippen LogP) is 2.92. The first-order valence-electron chi connectivity index (χ1n) is 6.59. The van der Waals surface area contributed by atoms with Crippen molar-refractivity contribution in [1.29, 1.82) is 0 Å². The van der Waals surface area contributed by atoms with Crippen LogP contribution in [0.4, 0.5) is 0 Å². The molecule has 0 bridgehead atoms. The smallest absolute Gasteiger partial charge is 0.304 e. The third-order valence-corrected chi connectivity index (χ3v) is 4.42. The van der Waals surface area contributed by atoms with Gasteiger partial charge in [-0.1, -0.05) is 23.4 Å². The van der Waals surface area contributed by atoms with Crippen molar-refractivity contribution in [3.63, 3.8) is 0 Å². The Hall–Kier alpha value is -1.73. The Morgan fingerprint density at radius 2 is 2.23 bits per heavy atom. The number of thioether (sulfide) groups is 1. The molecule has 8 heteroatoms. The van der Waals surface area contributed by atoms with E-state index in [-0.39, 0.29) is 13.0 Å². The first-order valence-corrected chi connectivity index (χ1v) is 7.95. The molecule has 0 unspecified atom stereocenters. The van der Waals surface area contributed by atoms with E-state index in [2.05, 4.69) is 10.2 Å². The molecule has 0 saturated carbocycles. The largest absolute Gasteiger partial charge is 0.486 e. The molecule has 1 aromatic carbocycles. The van der Waals surface area contributed by atoms with Gasteiger partial charge in [0.15, 0.2) is 11.0 Å². The summed E-state index contributed by atoms with van der Waals surface area (Å²) in [6.45, 7) is 2.19. The second kappa shape index (κ2) is 7.51. The predicted molar refractivity (Wildman–Crippen MR) is 84.5 cm³/mol. The van der Waals surface area contributed by atoms with Gasteiger partial charge in [-0.3, -0.25) is 4.79 Å². The van der Waals surface area contributed by atoms with E-state index in [1.807, 2.05) is 20.0 Å². The van der Waals surface area contributed by atoms with Crippen LogP contribution >= 0.6 is 23.4 Å². The number of hydrogen-bond acceptors (Lipinski definition) is 5. The summed E-state index contributed by atoms with van der Waals surface area (Å²) in [5.41, 5.74) is 0.946. The number of carboxylic acid groups (broad SMARTS) is 1. The maximum atomic E-state index is 10.5. The van der Waals surface area contributed by atoms with Crippen LogP contribution in [-0.2, 0) is 18.4 Å². The number of hydrogen-bond donors (Lipinski definition) is 1. The van der Waals surface area contributed by atoms with E-state index in [1.165, 1.54) is 11.8 Å². The summed E-state index contributed by atoms with van der Waals surface area (Å²) in [5.74, 6) is 1.02. The Labute approximate surface area is 137 Å². The normalized spacial score (nSPS) is 10.7. The summed E-state index contributed by atoms with van der Waals surface area (Å²) in [6.07, 6.45) is 0.0907. The molecule has 118 valence electrons. The van der Waals surface area contributed by atoms with Crippen LogP contribution < -0.4 is 4.74 Å². The molecule has 6 nitrogen and oxygen atoms in total. The van der Waals surface area contributed by atoms with E-state index in [4.69, 9.17) is 21.4 Å². The molecule has 1 aromatic heterocycles. The number of aromatic nitrogens is 3. The van der Waals surface area contributed by atoms with Crippen molar-refractivity contribution in [2.24, 2.45) is 7.05 Å². The average molecular weight is 342 g/mol. The maximum Gasteiger partial charge on any atom is 0.304 e. The molecular weight excluding hydrogens is 326 g/mol. The van der Waals surface area contributed by atoms with Gasteiger partial charge in [0.05, 0.1) is 6.42 Å². The highest BCUT2D eigenvalue weighted by atomic mass is 35.5. The fourth-order valence-electron chi connectivity index (χ4n) is 1.68. The quantitative estimate of drug-likeness (QED) is 0.780. The molecule has 0 aliphatic rings. The van der Waals surface area contributed by atoms with Crippen molar-refractivity contribution in [2.75, 3.05) is 5.75 Å². The van der Waals surface area contributed by atoms with Crippen LogP contribution in [0.1, 0.15) is 17.8 Å². The van der Waals surface area contributed by atoms with Gasteiger partial charge in [-0.15, -0.1) is 10.2 Å². The Balaban J connectivity index is 1.94. The first-order chi connectivity index (χ1) is 10.5. The molecule has 0 spiro atoms. The average Bonchev–Trinajstić information content (AvgIpc) is 2.81. The Morgan fingerprint density at radius 1 is 1.45 bits per heavy atom. The van der Waals surface area contributed by atoms with Crippen LogP contribution in [0.25, 0.3) is 0 Å². The van der Waals surface area contributed by atoms with Gasteiger partial charge in [0, 0.05) is 17.8 Å². The fraction of sp³-hybridized carbons (Fsp3) is 0.357. The number of rotatable bonds is 7. The van der Waals surface area contributed by atoms with Crippen molar-refractivity contribution < 1.29 is 14.6 Å². The van der Waals surface area contributed by atoms with Crippen molar-refractivity contribution >= 4 is 29.3 Å². The van der Waals surface area contributed by atoms with Gasteiger partial charge in [0.25, 0.3) is 0 Å². The molecule has 0 aliphatic carbocycles. The highest BCUT2D eigenvalue weighted by Gasteiger charge is 2.10. The zero-order valence-corrected chi connectivity index (χ0v) is 13.8. The number of carboxylic acids is 1. The molecule has 0 atom stereocenters. The monoisotopic (exact) mass is 341 g/mol. The van der Waals surface area contributed by atoms with Gasteiger partial charge in [-0.25, -0.2) is 0 Å². The SMILES string of the molecule is Cc1cc(OCc2nnc(SCCC(=O)O)n2C)ccc1Cl. The van der Waals surface area contributed by atoms with Gasteiger partial charge >= 0.3 is 5.97 Å². The molecule has 0 saturated heterocycles. The lowest BCUT2D eigenvalue weighted by molar-refractivity contribution is -0.136. The lowest BCUT2D eigenvalue weighted by atomic mass is 10.2. The fourth-order valence-corrected chi connectivity index (χ4v) is 2.66. The van der Waals surface area contributed by atoms with Crippen molar-refractivity contribution in [1.82, 2.24) is 14.8 Å². The maximum absolute atomic E-state index is 10.5. The van der Waals surface area contributed by atoms with Crippen LogP contribution in [0.2, 0.25) is 5.02 Å². The number of aliphatic carboxylic acids is 1. The minimum Gasteiger partial charge on any atom is -0.486 e. The van der Waals surface area contributed by atoms with Gasteiger partial charge in [0.2, 0.25) is 0 Å². The first kappa shape index (κ1) is 16.6. The molecule has 1 heterocycles. The molecule has 0 aliphatic heterocycles. The summed E-state index contributed by atoms with van der Waals surface area (Å²) in [7, 11) is 1.83. The minimum absolute atomic E-state index is 0.0907. The van der Waals surface area contributed by atoms with Gasteiger partial charge in [0.1, 0.15) is 12.4 Å². The van der Waals surface area contributed by atoms with E-state index >= 15 is 0 Å². The standard InChI is InChI=1S/C14H16ClN3O3S/c1-9-7-10(3-4-11(9)15)21-8-12-16-17-14(18(12)2)22-6-5-13(19)20/h3-4,7H,5-6,8H2,1-2H3,(H,19,20). The summed E-state index contributed by atoms with van der Waals surface area (Å²) < 4.78 is 7.48. The summed E-state index contributed by atoms with van der Waals surface area (Å²) in [5, 5.41) is 18.1. The second-order valence-corrected chi connectivity index (χ2v) is 6.12. The minimum atomic E-state index is -0.823. The zero-order chi connectivity index (χ0) is 16.1. The molecule has 22 heavy (non-hydrogen) atoms. The third-order valence-electron chi connectivity index (χ3n) is 2.97. The van der Waals surface area contributed by atoms with E-state index < -0.39 is 5.97 Å². The van der Waals surface area contributed by atoms with E-state index in [9.17, 15) is 4.79 Å². The number of benzene rings is 1. The summed E-state index contributed by atoms with van der Waals surface area (Å²) in [4.78, 5) is 10.5. The summed E-state index contributed by atoms with van der Waals surface area (Å²) >= 11 is 7.33. The molecule has 2 aromatic rings. The van der Waals surface area contributed by atoms with Crippen LogP contribution in [0.3, 0.4) is 0 Å². The van der Waals surface area contributed by atoms with Crippen LogP contribution in [0.5, 0.6) is 5.75 Å².